The van der Waals surface area contributed by atoms with Crippen LogP contribution in [0.4, 0.5) is 10.1 Å². The zero-order valence-corrected chi connectivity index (χ0v) is 19.1. The van der Waals surface area contributed by atoms with Crippen LogP contribution in [0.3, 0.4) is 0 Å². The maximum Gasteiger partial charge on any atom is 0.270 e. The van der Waals surface area contributed by atoms with Crippen LogP contribution in [0.15, 0.2) is 67.1 Å². The lowest BCUT2D eigenvalue weighted by Gasteiger charge is -2.06. The quantitative estimate of drug-likeness (QED) is 0.271. The number of hydrogen-bond acceptors (Lipinski definition) is 7. The molecule has 3 heterocycles. The molecule has 5 rings (SSSR count). The number of nitrogens with one attached hydrogen (secondary N) is 1. The number of nitro benzene ring substituents is 1. The molecule has 0 spiro atoms. The lowest BCUT2D eigenvalue weighted by atomic mass is 10.1. The number of nitrogens with zero attached hydrogens (tertiary/aromatic N) is 5. The van der Waals surface area contributed by atoms with Crippen LogP contribution >= 0.6 is 11.3 Å². The van der Waals surface area contributed by atoms with E-state index in [2.05, 4.69) is 20.3 Å². The summed E-state index contributed by atoms with van der Waals surface area (Å²) in [4.78, 5) is 37.6. The van der Waals surface area contributed by atoms with Gasteiger partial charge in [0.1, 0.15) is 17.0 Å². The van der Waals surface area contributed by atoms with Crippen LogP contribution in [-0.2, 0) is 6.54 Å². The molecule has 9 nitrogen and oxygen atoms in total. The Hall–Kier alpha value is -4.51. The number of benzene rings is 2. The van der Waals surface area contributed by atoms with E-state index >= 15 is 0 Å². The Morgan fingerprint density at radius 3 is 2.66 bits per heavy atom. The highest BCUT2D eigenvalue weighted by molar-refractivity contribution is 7.19. The molecule has 174 valence electrons. The Morgan fingerprint density at radius 1 is 1.11 bits per heavy atom. The highest BCUT2D eigenvalue weighted by Gasteiger charge is 2.19. The van der Waals surface area contributed by atoms with Crippen molar-refractivity contribution in [2.45, 2.75) is 13.5 Å². The third-order valence-electron chi connectivity index (χ3n) is 5.41. The summed E-state index contributed by atoms with van der Waals surface area (Å²) in [6, 6.07) is 14.0. The second kappa shape index (κ2) is 9.03. The number of aromatic nitrogens is 4. The van der Waals surface area contributed by atoms with Gasteiger partial charge in [0.05, 0.1) is 28.5 Å². The van der Waals surface area contributed by atoms with Crippen LogP contribution in [0.1, 0.15) is 21.1 Å². The van der Waals surface area contributed by atoms with E-state index in [1.54, 1.807) is 40.9 Å². The van der Waals surface area contributed by atoms with Crippen LogP contribution in [0.2, 0.25) is 0 Å². The van der Waals surface area contributed by atoms with Crippen molar-refractivity contribution in [1.82, 2.24) is 24.7 Å². The fourth-order valence-corrected chi connectivity index (χ4v) is 4.63. The predicted molar refractivity (Wildman–Crippen MR) is 128 cm³/mol. The standard InChI is InChI=1S/C24H17FN6O3S/c1-14-22(35-24-29-21(12-30(14)24)16-3-2-4-19(9-16)31(33)34)23(32)26-11-18-10-20(28-13-27-18)15-5-7-17(25)8-6-15/h2-10,12-13H,11H2,1H3,(H,26,32). The fraction of sp³-hybridized carbons (Fsp3) is 0.0833. The minimum absolute atomic E-state index is 0.0112. The molecule has 35 heavy (non-hydrogen) atoms. The number of nitro groups is 1. The smallest absolute Gasteiger partial charge is 0.270 e. The minimum atomic E-state index is -0.449. The summed E-state index contributed by atoms with van der Waals surface area (Å²) in [6.45, 7) is 2.00. The fourth-order valence-electron chi connectivity index (χ4n) is 3.60. The van der Waals surface area contributed by atoms with Crippen molar-refractivity contribution < 1.29 is 14.1 Å². The first-order valence-electron chi connectivity index (χ1n) is 10.5. The van der Waals surface area contributed by atoms with Crippen LogP contribution in [0, 0.1) is 22.9 Å². The molecule has 0 unspecified atom stereocenters. The van der Waals surface area contributed by atoms with Crippen molar-refractivity contribution in [3.05, 3.63) is 99.3 Å². The molecule has 0 aliphatic rings. The molecule has 2 aromatic carbocycles. The number of thiazole rings is 1. The number of carbonyl (C=O) groups is 1. The van der Waals surface area contributed by atoms with Gasteiger partial charge in [-0.2, -0.15) is 0 Å². The van der Waals surface area contributed by atoms with Crippen molar-refractivity contribution in [2.24, 2.45) is 0 Å². The van der Waals surface area contributed by atoms with Crippen LogP contribution < -0.4 is 5.32 Å². The first kappa shape index (κ1) is 22.3. The highest BCUT2D eigenvalue weighted by Crippen LogP contribution is 2.29. The summed E-state index contributed by atoms with van der Waals surface area (Å²) in [5.74, 6) is -0.595. The van der Waals surface area contributed by atoms with Crippen LogP contribution in [0.25, 0.3) is 27.5 Å². The number of carbonyl (C=O) groups excluding carboxylic acids is 1. The second-order valence-electron chi connectivity index (χ2n) is 7.69. The van der Waals surface area contributed by atoms with E-state index in [4.69, 9.17) is 0 Å². The average molecular weight is 489 g/mol. The number of non-ortho nitro benzene ring substituents is 1. The van der Waals surface area contributed by atoms with Gasteiger partial charge in [-0.15, -0.1) is 0 Å². The third-order valence-corrected chi connectivity index (χ3v) is 6.57. The lowest BCUT2D eigenvalue weighted by Crippen LogP contribution is -2.23. The van der Waals surface area contributed by atoms with Crippen molar-refractivity contribution in [3.63, 3.8) is 0 Å². The summed E-state index contributed by atoms with van der Waals surface area (Å²) in [5.41, 5.74) is 3.90. The second-order valence-corrected chi connectivity index (χ2v) is 8.66. The molecule has 1 amide bonds. The van der Waals surface area contributed by atoms with Gasteiger partial charge >= 0.3 is 0 Å². The first-order chi connectivity index (χ1) is 16.9. The van der Waals surface area contributed by atoms with Gasteiger partial charge in [-0.05, 0) is 37.3 Å². The molecule has 3 aromatic heterocycles. The largest absolute Gasteiger partial charge is 0.346 e. The molecule has 0 radical (unpaired) electrons. The molecule has 0 aliphatic carbocycles. The normalized spacial score (nSPS) is 11.0. The molecule has 0 fully saturated rings. The maximum absolute atomic E-state index is 13.2. The van der Waals surface area contributed by atoms with E-state index < -0.39 is 4.92 Å². The Kier molecular flexibility index (Phi) is 5.75. The van der Waals surface area contributed by atoms with Crippen LogP contribution in [-0.4, -0.2) is 30.2 Å². The SMILES string of the molecule is Cc1c(C(=O)NCc2cc(-c3ccc(F)cc3)ncn2)sc2nc(-c3cccc([N+](=O)[O-])c3)cn12. The summed E-state index contributed by atoms with van der Waals surface area (Å²) >= 11 is 1.23. The highest BCUT2D eigenvalue weighted by atomic mass is 32.1. The van der Waals surface area contributed by atoms with E-state index in [1.807, 2.05) is 6.92 Å². The number of imidazole rings is 1. The topological polar surface area (TPSA) is 115 Å². The third kappa shape index (κ3) is 4.49. The first-order valence-corrected chi connectivity index (χ1v) is 11.3. The Morgan fingerprint density at radius 2 is 1.91 bits per heavy atom. The Labute approximate surface area is 202 Å². The zero-order chi connectivity index (χ0) is 24.5. The number of halogens is 1. The maximum atomic E-state index is 13.2. The van der Waals surface area contributed by atoms with Crippen molar-refractivity contribution in [2.75, 3.05) is 0 Å². The monoisotopic (exact) mass is 488 g/mol. The minimum Gasteiger partial charge on any atom is -0.346 e. The van der Waals surface area contributed by atoms with Crippen LogP contribution in [0.5, 0.6) is 0 Å². The summed E-state index contributed by atoms with van der Waals surface area (Å²) in [6.07, 6.45) is 3.16. The Balaban J connectivity index is 1.33. The van der Waals surface area contributed by atoms with Crippen molar-refractivity contribution in [3.8, 4) is 22.5 Å². The van der Waals surface area contributed by atoms with E-state index in [0.717, 1.165) is 5.56 Å². The summed E-state index contributed by atoms with van der Waals surface area (Å²) in [7, 11) is 0. The van der Waals surface area contributed by atoms with E-state index in [9.17, 15) is 19.3 Å². The molecule has 1 N–H and O–H groups in total. The molecule has 0 atom stereocenters. The molecule has 5 aromatic rings. The molecule has 11 heteroatoms. The molecule has 0 saturated carbocycles. The van der Waals surface area contributed by atoms with Gasteiger partial charge in [0.2, 0.25) is 0 Å². The molecule has 0 aliphatic heterocycles. The van der Waals surface area contributed by atoms with Gasteiger partial charge in [-0.1, -0.05) is 23.5 Å². The number of aryl methyl sites for hydroxylation is 1. The van der Waals surface area contributed by atoms with E-state index in [1.165, 1.54) is 41.9 Å². The number of fused-ring (bicyclic) bond motifs is 1. The van der Waals surface area contributed by atoms with Gasteiger partial charge in [0.15, 0.2) is 4.96 Å². The van der Waals surface area contributed by atoms with Gasteiger partial charge < -0.3 is 5.32 Å². The average Bonchev–Trinajstić information content (AvgIpc) is 3.42. The van der Waals surface area contributed by atoms with Gasteiger partial charge in [-0.3, -0.25) is 19.3 Å². The van der Waals surface area contributed by atoms with Crippen molar-refractivity contribution in [1.29, 1.82) is 0 Å². The van der Waals surface area contributed by atoms with Crippen molar-refractivity contribution >= 4 is 27.9 Å². The Bertz CT molecular complexity index is 1580. The lowest BCUT2D eigenvalue weighted by molar-refractivity contribution is -0.384. The molecule has 0 saturated heterocycles. The summed E-state index contributed by atoms with van der Waals surface area (Å²) < 4.78 is 15.0. The van der Waals surface area contributed by atoms with E-state index in [-0.39, 0.29) is 24.0 Å². The molecular weight excluding hydrogens is 471 g/mol. The van der Waals surface area contributed by atoms with Gasteiger partial charge in [0.25, 0.3) is 11.6 Å². The molecular formula is C24H17FN6O3S. The number of amides is 1. The number of rotatable bonds is 6. The molecule has 0 bridgehead atoms. The predicted octanol–water partition coefficient (Wildman–Crippen LogP) is 4.81. The zero-order valence-electron chi connectivity index (χ0n) is 18.3. The van der Waals surface area contributed by atoms with Gasteiger partial charge in [0, 0.05) is 35.2 Å². The number of hydrogen-bond donors (Lipinski definition) is 1. The van der Waals surface area contributed by atoms with E-state index in [0.29, 0.717) is 38.2 Å². The summed E-state index contributed by atoms with van der Waals surface area (Å²) in [5, 5.41) is 13.9. The van der Waals surface area contributed by atoms with Gasteiger partial charge in [-0.25, -0.2) is 19.3 Å².